The van der Waals surface area contributed by atoms with Crippen LogP contribution >= 0.6 is 15.9 Å². The smallest absolute Gasteiger partial charge is 0.0616 e. The zero-order valence-corrected chi connectivity index (χ0v) is 16.6. The molecule has 0 amide bonds. The van der Waals surface area contributed by atoms with Crippen molar-refractivity contribution in [2.45, 2.75) is 10.2 Å². The van der Waals surface area contributed by atoms with Crippen molar-refractivity contribution < 1.29 is 0 Å². The van der Waals surface area contributed by atoms with Crippen molar-refractivity contribution in [1.82, 2.24) is 0 Å². The molecule has 0 radical (unpaired) electrons. The molecule has 132 valence electrons. The summed E-state index contributed by atoms with van der Waals surface area (Å²) < 4.78 is 0. The van der Waals surface area contributed by atoms with Crippen molar-refractivity contribution in [3.05, 3.63) is 144 Å². The number of halogens is 1. The van der Waals surface area contributed by atoms with E-state index in [0.29, 0.717) is 0 Å². The van der Waals surface area contributed by atoms with Crippen LogP contribution in [-0.2, 0) is 5.41 Å². The van der Waals surface area contributed by atoms with Crippen LogP contribution in [0.2, 0.25) is 0 Å². The highest BCUT2D eigenvalue weighted by Gasteiger charge is 2.43. The average Bonchev–Trinajstić information content (AvgIpc) is 2.77. The molecular formula is C26H21Br. The second-order valence-electron chi connectivity index (χ2n) is 6.68. The molecule has 1 heteroatoms. The van der Waals surface area contributed by atoms with Crippen molar-refractivity contribution in [3.8, 4) is 0 Å². The van der Waals surface area contributed by atoms with Gasteiger partial charge in [-0.3, -0.25) is 0 Å². The number of alkyl halides is 1. The summed E-state index contributed by atoms with van der Waals surface area (Å²) >= 11 is 4.12. The molecule has 1 unspecified atom stereocenters. The van der Waals surface area contributed by atoms with E-state index >= 15 is 0 Å². The van der Waals surface area contributed by atoms with E-state index in [0.717, 1.165) is 0 Å². The van der Waals surface area contributed by atoms with Gasteiger partial charge in [0, 0.05) is 0 Å². The second-order valence-corrected chi connectivity index (χ2v) is 7.60. The second kappa shape index (κ2) is 7.94. The first kappa shape index (κ1) is 17.8. The molecule has 0 saturated heterocycles. The van der Waals surface area contributed by atoms with E-state index in [-0.39, 0.29) is 10.2 Å². The molecule has 0 aliphatic carbocycles. The molecule has 4 rings (SSSR count). The standard InChI is InChI=1S/C26H21Br/c27-25(21-13-5-1-6-14-21)26(22-15-7-2-8-16-22,23-17-9-3-10-18-23)24-19-11-4-12-20-24/h1-20,25H. The third-order valence-corrected chi connectivity index (χ3v) is 6.38. The van der Waals surface area contributed by atoms with Crippen LogP contribution in [0.15, 0.2) is 121 Å². The molecule has 4 aromatic carbocycles. The Morgan fingerprint density at radius 3 is 1.07 bits per heavy atom. The van der Waals surface area contributed by atoms with Crippen LogP contribution in [0, 0.1) is 0 Å². The molecular weight excluding hydrogens is 392 g/mol. The Morgan fingerprint density at radius 2 is 0.741 bits per heavy atom. The fraction of sp³-hybridized carbons (Fsp3) is 0.0769. The minimum Gasteiger partial charge on any atom is -0.0822 e. The minimum absolute atomic E-state index is 0.0819. The Hall–Kier alpha value is -2.64. The number of hydrogen-bond donors (Lipinski definition) is 0. The van der Waals surface area contributed by atoms with Crippen molar-refractivity contribution in [3.63, 3.8) is 0 Å². The lowest BCUT2D eigenvalue weighted by atomic mass is 9.66. The lowest BCUT2D eigenvalue weighted by molar-refractivity contribution is 0.607. The third kappa shape index (κ3) is 3.24. The van der Waals surface area contributed by atoms with E-state index in [9.17, 15) is 0 Å². The molecule has 0 heterocycles. The predicted octanol–water partition coefficient (Wildman–Crippen LogP) is 7.16. The van der Waals surface area contributed by atoms with Crippen LogP contribution in [-0.4, -0.2) is 0 Å². The van der Waals surface area contributed by atoms with Gasteiger partial charge >= 0.3 is 0 Å². The van der Waals surface area contributed by atoms with Gasteiger partial charge in [0.2, 0.25) is 0 Å². The highest BCUT2D eigenvalue weighted by Crippen LogP contribution is 2.52. The van der Waals surface area contributed by atoms with E-state index in [1.807, 2.05) is 0 Å². The zero-order chi connectivity index (χ0) is 18.5. The minimum atomic E-state index is -0.342. The third-order valence-electron chi connectivity index (χ3n) is 5.16. The van der Waals surface area contributed by atoms with Gasteiger partial charge in [0.15, 0.2) is 0 Å². The Kier molecular flexibility index (Phi) is 5.22. The molecule has 0 aliphatic rings. The molecule has 0 bridgehead atoms. The van der Waals surface area contributed by atoms with Gasteiger partial charge in [0.05, 0.1) is 10.2 Å². The summed E-state index contributed by atoms with van der Waals surface area (Å²) in [7, 11) is 0. The van der Waals surface area contributed by atoms with Gasteiger partial charge in [0.1, 0.15) is 0 Å². The summed E-state index contributed by atoms with van der Waals surface area (Å²) in [5.74, 6) is 0. The quantitative estimate of drug-likeness (QED) is 0.241. The van der Waals surface area contributed by atoms with Gasteiger partial charge < -0.3 is 0 Å². The molecule has 0 fully saturated rings. The summed E-state index contributed by atoms with van der Waals surface area (Å²) in [6, 6.07) is 43.1. The lowest BCUT2D eigenvalue weighted by Gasteiger charge is -2.40. The number of hydrogen-bond acceptors (Lipinski definition) is 0. The SMILES string of the molecule is BrC(c1ccccc1)C(c1ccccc1)(c1ccccc1)c1ccccc1. The first-order valence-electron chi connectivity index (χ1n) is 9.19. The van der Waals surface area contributed by atoms with Crippen molar-refractivity contribution in [2.75, 3.05) is 0 Å². The first-order chi connectivity index (χ1) is 13.3. The van der Waals surface area contributed by atoms with Crippen LogP contribution < -0.4 is 0 Å². The molecule has 0 saturated carbocycles. The Morgan fingerprint density at radius 1 is 0.444 bits per heavy atom. The van der Waals surface area contributed by atoms with Crippen LogP contribution in [0.3, 0.4) is 0 Å². The molecule has 0 spiro atoms. The predicted molar refractivity (Wildman–Crippen MR) is 117 cm³/mol. The Balaban J connectivity index is 2.07. The zero-order valence-electron chi connectivity index (χ0n) is 15.0. The van der Waals surface area contributed by atoms with Crippen LogP contribution in [0.4, 0.5) is 0 Å². The fourth-order valence-electron chi connectivity index (χ4n) is 3.91. The maximum atomic E-state index is 4.12. The Bertz CT molecular complexity index is 867. The van der Waals surface area contributed by atoms with Gasteiger partial charge in [-0.15, -0.1) is 0 Å². The largest absolute Gasteiger partial charge is 0.0822 e. The molecule has 0 aromatic heterocycles. The van der Waals surface area contributed by atoms with Crippen molar-refractivity contribution in [1.29, 1.82) is 0 Å². The normalized spacial score (nSPS) is 12.5. The molecule has 27 heavy (non-hydrogen) atoms. The van der Waals surface area contributed by atoms with Crippen LogP contribution in [0.25, 0.3) is 0 Å². The highest BCUT2D eigenvalue weighted by molar-refractivity contribution is 9.09. The molecule has 0 aliphatic heterocycles. The van der Waals surface area contributed by atoms with Crippen molar-refractivity contribution in [2.24, 2.45) is 0 Å². The van der Waals surface area contributed by atoms with Crippen LogP contribution in [0.1, 0.15) is 27.1 Å². The molecule has 4 aromatic rings. The summed E-state index contributed by atoms with van der Waals surface area (Å²) in [5.41, 5.74) is 4.73. The maximum Gasteiger partial charge on any atom is 0.0616 e. The summed E-state index contributed by atoms with van der Waals surface area (Å²) in [6.07, 6.45) is 0. The van der Waals surface area contributed by atoms with E-state index < -0.39 is 0 Å². The molecule has 1 atom stereocenters. The average molecular weight is 413 g/mol. The van der Waals surface area contributed by atoms with Gasteiger partial charge in [0.25, 0.3) is 0 Å². The van der Waals surface area contributed by atoms with Gasteiger partial charge in [-0.1, -0.05) is 137 Å². The first-order valence-corrected chi connectivity index (χ1v) is 10.1. The maximum absolute atomic E-state index is 4.12. The fourth-order valence-corrected chi connectivity index (χ4v) is 5.01. The van der Waals surface area contributed by atoms with Gasteiger partial charge in [-0.25, -0.2) is 0 Å². The lowest BCUT2D eigenvalue weighted by Crippen LogP contribution is -2.34. The van der Waals surface area contributed by atoms with Crippen molar-refractivity contribution >= 4 is 15.9 Å². The van der Waals surface area contributed by atoms with E-state index in [1.54, 1.807) is 0 Å². The number of rotatable bonds is 5. The summed E-state index contributed by atoms with van der Waals surface area (Å²) in [4.78, 5) is 0.0819. The number of benzene rings is 4. The van der Waals surface area contributed by atoms with Gasteiger partial charge in [-0.05, 0) is 22.3 Å². The topological polar surface area (TPSA) is 0 Å². The monoisotopic (exact) mass is 412 g/mol. The van der Waals surface area contributed by atoms with E-state index in [4.69, 9.17) is 0 Å². The van der Waals surface area contributed by atoms with E-state index in [2.05, 4.69) is 137 Å². The molecule has 0 N–H and O–H groups in total. The Labute approximate surface area is 169 Å². The summed E-state index contributed by atoms with van der Waals surface area (Å²) in [5, 5.41) is 0. The van der Waals surface area contributed by atoms with Gasteiger partial charge in [-0.2, -0.15) is 0 Å². The summed E-state index contributed by atoms with van der Waals surface area (Å²) in [6.45, 7) is 0. The highest BCUT2D eigenvalue weighted by atomic mass is 79.9. The molecule has 0 nitrogen and oxygen atoms in total. The van der Waals surface area contributed by atoms with Crippen LogP contribution in [0.5, 0.6) is 0 Å². The van der Waals surface area contributed by atoms with E-state index in [1.165, 1.54) is 22.3 Å².